The van der Waals surface area contributed by atoms with Crippen LogP contribution in [-0.4, -0.2) is 32.3 Å². The fourth-order valence-corrected chi connectivity index (χ4v) is 2.74. The molecule has 0 aliphatic heterocycles. The van der Waals surface area contributed by atoms with Crippen LogP contribution in [0.4, 0.5) is 4.79 Å². The van der Waals surface area contributed by atoms with E-state index in [9.17, 15) is 9.59 Å². The Hall–Kier alpha value is -1.52. The summed E-state index contributed by atoms with van der Waals surface area (Å²) in [4.78, 5) is 23.2. The molecule has 0 aromatic rings. The van der Waals surface area contributed by atoms with Crippen LogP contribution in [0.3, 0.4) is 0 Å². The highest BCUT2D eigenvalue weighted by molar-refractivity contribution is 5.81. The van der Waals surface area contributed by atoms with Crippen LogP contribution in [0.2, 0.25) is 0 Å². The van der Waals surface area contributed by atoms with Gasteiger partial charge in [0.05, 0.1) is 14.2 Å². The lowest BCUT2D eigenvalue weighted by Crippen LogP contribution is -2.48. The van der Waals surface area contributed by atoms with E-state index < -0.39 is 18.1 Å². The standard InChI is InChI=1S/C14H23NO4/c1-4-11(10-8-6-5-7-9-10)12(13(16)18-2)15-14(17)19-3/h4,10-12H,1,5-9H2,2-3H3,(H,15,17). The Labute approximate surface area is 114 Å². The zero-order valence-electron chi connectivity index (χ0n) is 11.7. The van der Waals surface area contributed by atoms with Crippen molar-refractivity contribution in [2.24, 2.45) is 11.8 Å². The average molecular weight is 269 g/mol. The summed E-state index contributed by atoms with van der Waals surface area (Å²) in [6, 6.07) is -0.724. The van der Waals surface area contributed by atoms with Gasteiger partial charge in [0, 0.05) is 5.92 Å². The Kier molecular flexibility index (Phi) is 6.39. The summed E-state index contributed by atoms with van der Waals surface area (Å²) in [7, 11) is 2.59. The number of carbonyl (C=O) groups is 2. The number of carbonyl (C=O) groups excluding carboxylic acids is 2. The molecule has 1 amide bonds. The maximum atomic E-state index is 11.9. The number of hydrogen-bond acceptors (Lipinski definition) is 4. The zero-order chi connectivity index (χ0) is 14.3. The van der Waals surface area contributed by atoms with Gasteiger partial charge in [-0.2, -0.15) is 0 Å². The normalized spacial score (nSPS) is 19.1. The Balaban J connectivity index is 2.81. The summed E-state index contributed by atoms with van der Waals surface area (Å²) in [6.07, 6.45) is 6.75. The van der Waals surface area contributed by atoms with Gasteiger partial charge in [0.1, 0.15) is 6.04 Å². The number of nitrogens with one attached hydrogen (secondary N) is 1. The third kappa shape index (κ3) is 4.26. The molecule has 0 saturated heterocycles. The molecule has 1 N–H and O–H groups in total. The van der Waals surface area contributed by atoms with Crippen LogP contribution in [0.15, 0.2) is 12.7 Å². The predicted molar refractivity (Wildman–Crippen MR) is 71.6 cm³/mol. The molecule has 5 nitrogen and oxygen atoms in total. The number of amides is 1. The fourth-order valence-electron chi connectivity index (χ4n) is 2.74. The summed E-state index contributed by atoms with van der Waals surface area (Å²) in [5.74, 6) is -0.222. The summed E-state index contributed by atoms with van der Waals surface area (Å²) in [5, 5.41) is 2.56. The SMILES string of the molecule is C=CC(C1CCCCC1)C(NC(=O)OC)C(=O)OC. The number of alkyl carbamates (subject to hydrolysis) is 1. The van der Waals surface area contributed by atoms with Crippen molar-refractivity contribution in [2.45, 2.75) is 38.1 Å². The van der Waals surface area contributed by atoms with Gasteiger partial charge in [-0.3, -0.25) is 0 Å². The largest absolute Gasteiger partial charge is 0.467 e. The van der Waals surface area contributed by atoms with Gasteiger partial charge < -0.3 is 14.8 Å². The zero-order valence-corrected chi connectivity index (χ0v) is 11.7. The van der Waals surface area contributed by atoms with Crippen LogP contribution < -0.4 is 5.32 Å². The summed E-state index contributed by atoms with van der Waals surface area (Å²) < 4.78 is 9.34. The lowest BCUT2D eigenvalue weighted by molar-refractivity contribution is -0.144. The van der Waals surface area contributed by atoms with Gasteiger partial charge in [0.2, 0.25) is 0 Å². The molecule has 0 heterocycles. The molecule has 0 aromatic heterocycles. The molecule has 1 saturated carbocycles. The van der Waals surface area contributed by atoms with Crippen LogP contribution in [0.25, 0.3) is 0 Å². The number of esters is 1. The van der Waals surface area contributed by atoms with E-state index >= 15 is 0 Å². The first-order chi connectivity index (χ1) is 9.13. The van der Waals surface area contributed by atoms with E-state index in [-0.39, 0.29) is 5.92 Å². The highest BCUT2D eigenvalue weighted by atomic mass is 16.5. The van der Waals surface area contributed by atoms with Gasteiger partial charge in [-0.1, -0.05) is 25.3 Å². The van der Waals surface area contributed by atoms with Gasteiger partial charge in [-0.05, 0) is 18.8 Å². The first-order valence-electron chi connectivity index (χ1n) is 6.69. The van der Waals surface area contributed by atoms with E-state index in [1.165, 1.54) is 20.6 Å². The predicted octanol–water partition coefficient (Wildman–Crippen LogP) is 2.27. The molecule has 5 heteroatoms. The van der Waals surface area contributed by atoms with Crippen molar-refractivity contribution in [3.8, 4) is 0 Å². The monoisotopic (exact) mass is 269 g/mol. The van der Waals surface area contributed by atoms with Crippen molar-refractivity contribution in [1.29, 1.82) is 0 Å². The summed E-state index contributed by atoms with van der Waals surface area (Å²) in [5.41, 5.74) is 0. The highest BCUT2D eigenvalue weighted by Crippen LogP contribution is 2.32. The minimum atomic E-state index is -0.724. The highest BCUT2D eigenvalue weighted by Gasteiger charge is 2.35. The molecule has 0 radical (unpaired) electrons. The number of ether oxygens (including phenoxy) is 2. The molecule has 0 spiro atoms. The van der Waals surface area contributed by atoms with E-state index in [2.05, 4.69) is 16.6 Å². The number of methoxy groups -OCH3 is 2. The van der Waals surface area contributed by atoms with E-state index in [1.807, 2.05) is 0 Å². The second-order valence-electron chi connectivity index (χ2n) is 4.85. The van der Waals surface area contributed by atoms with E-state index in [0.29, 0.717) is 5.92 Å². The van der Waals surface area contributed by atoms with Crippen molar-refractivity contribution >= 4 is 12.1 Å². The smallest absolute Gasteiger partial charge is 0.407 e. The Morgan fingerprint density at radius 1 is 1.21 bits per heavy atom. The minimum Gasteiger partial charge on any atom is -0.467 e. The lowest BCUT2D eigenvalue weighted by atomic mass is 9.76. The maximum Gasteiger partial charge on any atom is 0.407 e. The van der Waals surface area contributed by atoms with Crippen molar-refractivity contribution in [2.75, 3.05) is 14.2 Å². The molecular weight excluding hydrogens is 246 g/mol. The van der Waals surface area contributed by atoms with E-state index in [1.54, 1.807) is 6.08 Å². The van der Waals surface area contributed by atoms with Gasteiger partial charge in [-0.15, -0.1) is 6.58 Å². The minimum absolute atomic E-state index is 0.119. The van der Waals surface area contributed by atoms with Gasteiger partial charge in [0.25, 0.3) is 0 Å². The Morgan fingerprint density at radius 2 is 1.84 bits per heavy atom. The Morgan fingerprint density at radius 3 is 2.32 bits per heavy atom. The molecule has 1 rings (SSSR count). The molecule has 19 heavy (non-hydrogen) atoms. The van der Waals surface area contributed by atoms with Crippen molar-refractivity contribution in [3.63, 3.8) is 0 Å². The van der Waals surface area contributed by atoms with Gasteiger partial charge in [0.15, 0.2) is 0 Å². The molecular formula is C14H23NO4. The van der Waals surface area contributed by atoms with E-state index in [4.69, 9.17) is 4.74 Å². The first kappa shape index (κ1) is 15.5. The lowest BCUT2D eigenvalue weighted by Gasteiger charge is -2.32. The van der Waals surface area contributed by atoms with Crippen molar-refractivity contribution in [3.05, 3.63) is 12.7 Å². The summed E-state index contributed by atoms with van der Waals surface area (Å²) >= 11 is 0. The van der Waals surface area contributed by atoms with Crippen LogP contribution in [0.1, 0.15) is 32.1 Å². The third-order valence-corrected chi connectivity index (χ3v) is 3.77. The van der Waals surface area contributed by atoms with Gasteiger partial charge in [-0.25, -0.2) is 9.59 Å². The maximum absolute atomic E-state index is 11.9. The molecule has 0 aromatic carbocycles. The summed E-state index contributed by atoms with van der Waals surface area (Å²) in [6.45, 7) is 3.81. The molecule has 1 aliphatic carbocycles. The van der Waals surface area contributed by atoms with Crippen LogP contribution in [0.5, 0.6) is 0 Å². The topological polar surface area (TPSA) is 64.6 Å². The quantitative estimate of drug-likeness (QED) is 0.614. The third-order valence-electron chi connectivity index (χ3n) is 3.77. The molecule has 1 aliphatic rings. The molecule has 108 valence electrons. The average Bonchev–Trinajstić information content (AvgIpc) is 2.47. The van der Waals surface area contributed by atoms with Crippen molar-refractivity contribution < 1.29 is 19.1 Å². The molecule has 2 unspecified atom stereocenters. The second kappa shape index (κ2) is 7.81. The van der Waals surface area contributed by atoms with Crippen LogP contribution in [-0.2, 0) is 14.3 Å². The van der Waals surface area contributed by atoms with Gasteiger partial charge >= 0.3 is 12.1 Å². The van der Waals surface area contributed by atoms with Crippen LogP contribution in [0, 0.1) is 11.8 Å². The molecule has 1 fully saturated rings. The number of hydrogen-bond donors (Lipinski definition) is 1. The Bertz CT molecular complexity index is 323. The fraction of sp³-hybridized carbons (Fsp3) is 0.714. The first-order valence-corrected chi connectivity index (χ1v) is 6.69. The van der Waals surface area contributed by atoms with Crippen LogP contribution >= 0.6 is 0 Å². The number of rotatable bonds is 5. The molecule has 2 atom stereocenters. The van der Waals surface area contributed by atoms with Crippen molar-refractivity contribution in [1.82, 2.24) is 5.32 Å². The molecule has 0 bridgehead atoms. The second-order valence-corrected chi connectivity index (χ2v) is 4.85. The van der Waals surface area contributed by atoms with E-state index in [0.717, 1.165) is 25.7 Å².